The van der Waals surface area contributed by atoms with Crippen LogP contribution in [0.4, 0.5) is 4.79 Å². The number of amides is 5. The standard InChI is InChI=1S/C37H65N7O7S/c1-13-15-24(27(45)30(47)38-23-16-17-23)39-29(46)25-20-37(35(8,9)36(37)18-14-19-36)22-44(25)31(48)28(34(5,6)7)41-32(49)40-26(33(2,3)4)21-43(12)52(50,51)42(10)11/h23-26,28H,13-22H2,1-12H3,(H,38,47)(H,39,46)(H2,40,41,49)/t24?,25-,26+,28+,37+/m0/s1. The number of fused-ring (bicyclic) bond motifs is 1. The number of likely N-dealkylation sites (N-methyl/N-ethyl adjacent to an activating group) is 1. The lowest BCUT2D eigenvalue weighted by molar-refractivity contribution is -0.144. The second-order valence-corrected chi connectivity index (χ2v) is 20.9. The predicted octanol–water partition coefficient (Wildman–Crippen LogP) is 2.78. The molecule has 4 N–H and O–H groups in total. The Kier molecular flexibility index (Phi) is 11.7. The van der Waals surface area contributed by atoms with Gasteiger partial charge in [0.15, 0.2) is 0 Å². The third-order valence-electron chi connectivity index (χ3n) is 12.8. The highest BCUT2D eigenvalue weighted by molar-refractivity contribution is 7.86. The molecule has 1 saturated heterocycles. The lowest BCUT2D eigenvalue weighted by atomic mass is 9.73. The summed E-state index contributed by atoms with van der Waals surface area (Å²) in [5, 5.41) is 11.4. The van der Waals surface area contributed by atoms with Crippen LogP contribution >= 0.6 is 0 Å². The first kappa shape index (κ1) is 42.0. The molecule has 52 heavy (non-hydrogen) atoms. The van der Waals surface area contributed by atoms with Crippen molar-refractivity contribution < 1.29 is 32.4 Å². The number of carbonyl (C=O) groups is 5. The molecule has 0 aromatic heterocycles. The first-order valence-corrected chi connectivity index (χ1v) is 20.3. The molecule has 0 aromatic rings. The third-order valence-corrected chi connectivity index (χ3v) is 14.6. The Hall–Kier alpha value is -2.78. The molecule has 0 radical (unpaired) electrons. The fourth-order valence-corrected chi connectivity index (χ4v) is 9.74. The minimum atomic E-state index is -3.75. The summed E-state index contributed by atoms with van der Waals surface area (Å²) in [6.45, 7) is 17.9. The maximum Gasteiger partial charge on any atom is 0.315 e. The van der Waals surface area contributed by atoms with Gasteiger partial charge < -0.3 is 26.2 Å². The molecular formula is C37H65N7O7S. The maximum atomic E-state index is 14.8. The zero-order valence-electron chi connectivity index (χ0n) is 33.6. The summed E-state index contributed by atoms with van der Waals surface area (Å²) in [5.74, 6) is -2.25. The van der Waals surface area contributed by atoms with Crippen LogP contribution in [-0.4, -0.2) is 116 Å². The van der Waals surface area contributed by atoms with Crippen molar-refractivity contribution in [1.82, 2.24) is 34.8 Å². The Bertz CT molecular complexity index is 1520. The summed E-state index contributed by atoms with van der Waals surface area (Å²) in [7, 11) is 0.590. The van der Waals surface area contributed by atoms with Crippen LogP contribution in [0, 0.1) is 27.1 Å². The number of nitrogens with one attached hydrogen (secondary N) is 4. The Labute approximate surface area is 311 Å². The molecule has 5 atom stereocenters. The molecule has 1 unspecified atom stereocenters. The number of nitrogens with zero attached hydrogens (tertiary/aromatic N) is 3. The zero-order valence-corrected chi connectivity index (χ0v) is 34.4. The summed E-state index contributed by atoms with van der Waals surface area (Å²) < 4.78 is 27.9. The van der Waals surface area contributed by atoms with E-state index >= 15 is 0 Å². The van der Waals surface area contributed by atoms with E-state index in [4.69, 9.17) is 0 Å². The lowest BCUT2D eigenvalue weighted by Crippen LogP contribution is -2.62. The Morgan fingerprint density at radius 1 is 0.885 bits per heavy atom. The number of Topliss-reactive ketones (excluding diaryl/α,β-unsaturated/α-hetero) is 1. The van der Waals surface area contributed by atoms with Crippen molar-refractivity contribution >= 4 is 39.7 Å². The smallest absolute Gasteiger partial charge is 0.315 e. The van der Waals surface area contributed by atoms with Crippen LogP contribution in [-0.2, 0) is 29.4 Å². The van der Waals surface area contributed by atoms with Gasteiger partial charge in [-0.15, -0.1) is 0 Å². The number of ketones is 1. The highest BCUT2D eigenvalue weighted by Gasteiger charge is 2.85. The Morgan fingerprint density at radius 2 is 1.48 bits per heavy atom. The lowest BCUT2D eigenvalue weighted by Gasteiger charge is -2.38. The van der Waals surface area contributed by atoms with Gasteiger partial charge in [0.1, 0.15) is 12.1 Å². The van der Waals surface area contributed by atoms with Gasteiger partial charge in [-0.2, -0.15) is 17.0 Å². The van der Waals surface area contributed by atoms with Gasteiger partial charge in [-0.25, -0.2) is 4.79 Å². The largest absolute Gasteiger partial charge is 0.347 e. The summed E-state index contributed by atoms with van der Waals surface area (Å²) in [6.07, 6.45) is 6.07. The van der Waals surface area contributed by atoms with E-state index in [2.05, 4.69) is 35.1 Å². The molecule has 0 bridgehead atoms. The predicted molar refractivity (Wildman–Crippen MR) is 199 cm³/mol. The van der Waals surface area contributed by atoms with Crippen molar-refractivity contribution in [2.75, 3.05) is 34.2 Å². The molecule has 4 fully saturated rings. The molecule has 3 aliphatic carbocycles. The van der Waals surface area contributed by atoms with Crippen molar-refractivity contribution in [3.8, 4) is 0 Å². The van der Waals surface area contributed by atoms with Crippen molar-refractivity contribution in [2.45, 2.75) is 144 Å². The van der Waals surface area contributed by atoms with Crippen LogP contribution in [0.2, 0.25) is 0 Å². The van der Waals surface area contributed by atoms with E-state index in [-0.39, 0.29) is 35.3 Å². The SMILES string of the molecule is CCCC(NC(=O)[C@@H]1C[C@@]2(CN1C(=O)[C@@H](NC(=O)N[C@H](CN(C)S(=O)(=O)N(C)C)C(C)(C)C)C(C)(C)C)C(C)(C)C21CCC1)C(=O)C(=O)NC1CC1. The summed E-state index contributed by atoms with van der Waals surface area (Å²) in [4.78, 5) is 70.5. The number of urea groups is 1. The first-order valence-electron chi connectivity index (χ1n) is 18.9. The van der Waals surface area contributed by atoms with E-state index in [1.54, 1.807) is 4.90 Å². The molecule has 4 aliphatic rings. The zero-order chi connectivity index (χ0) is 39.4. The van der Waals surface area contributed by atoms with Gasteiger partial charge in [0.2, 0.25) is 17.6 Å². The van der Waals surface area contributed by atoms with Crippen LogP contribution in [0.15, 0.2) is 0 Å². The van der Waals surface area contributed by atoms with Crippen LogP contribution in [0.5, 0.6) is 0 Å². The van der Waals surface area contributed by atoms with Crippen molar-refractivity contribution in [2.24, 2.45) is 27.1 Å². The van der Waals surface area contributed by atoms with Gasteiger partial charge in [-0.3, -0.25) is 19.2 Å². The molecule has 15 heteroatoms. The average molecular weight is 752 g/mol. The molecule has 0 aromatic carbocycles. The highest BCUT2D eigenvalue weighted by atomic mass is 32.2. The summed E-state index contributed by atoms with van der Waals surface area (Å²) >= 11 is 0. The van der Waals surface area contributed by atoms with Crippen molar-refractivity contribution in [3.05, 3.63) is 0 Å². The Balaban J connectivity index is 1.60. The monoisotopic (exact) mass is 751 g/mol. The number of hydrogen-bond donors (Lipinski definition) is 4. The van der Waals surface area contributed by atoms with Gasteiger partial charge in [-0.1, -0.05) is 75.2 Å². The van der Waals surface area contributed by atoms with E-state index in [0.717, 1.165) is 36.4 Å². The van der Waals surface area contributed by atoms with Crippen molar-refractivity contribution in [1.29, 1.82) is 0 Å². The summed E-state index contributed by atoms with van der Waals surface area (Å²) in [5.41, 5.74) is -1.72. The molecule has 5 amide bonds. The highest BCUT2D eigenvalue weighted by Crippen LogP contribution is 2.88. The number of carbonyl (C=O) groups excluding carboxylic acids is 5. The number of likely N-dealkylation sites (tertiary alicyclic amines) is 1. The minimum absolute atomic E-state index is 0.00213. The molecule has 4 rings (SSSR count). The second-order valence-electron chi connectivity index (χ2n) is 18.7. The molecule has 14 nitrogen and oxygen atoms in total. The fourth-order valence-electron chi connectivity index (χ4n) is 8.84. The average Bonchev–Trinajstić information content (AvgIpc) is 3.82. The number of rotatable bonds is 14. The molecule has 296 valence electrons. The van der Waals surface area contributed by atoms with E-state index in [1.165, 1.54) is 25.4 Å². The van der Waals surface area contributed by atoms with Crippen LogP contribution in [0.25, 0.3) is 0 Å². The second kappa shape index (κ2) is 14.5. The first-order chi connectivity index (χ1) is 23.8. The number of hydrogen-bond acceptors (Lipinski definition) is 7. The Morgan fingerprint density at radius 3 is 1.92 bits per heavy atom. The summed E-state index contributed by atoms with van der Waals surface area (Å²) in [6, 6.07) is -4.20. The van der Waals surface area contributed by atoms with Crippen LogP contribution < -0.4 is 21.3 Å². The molecular weight excluding hydrogens is 687 g/mol. The van der Waals surface area contributed by atoms with Gasteiger partial charge >= 0.3 is 6.03 Å². The normalized spacial score (nSPS) is 25.3. The third kappa shape index (κ3) is 7.73. The van der Waals surface area contributed by atoms with E-state index in [1.807, 2.05) is 48.5 Å². The van der Waals surface area contributed by atoms with E-state index in [0.29, 0.717) is 19.4 Å². The molecule has 1 heterocycles. The van der Waals surface area contributed by atoms with Crippen molar-refractivity contribution in [3.63, 3.8) is 0 Å². The topological polar surface area (TPSA) is 177 Å². The maximum absolute atomic E-state index is 14.8. The quantitative estimate of drug-likeness (QED) is 0.197. The molecule has 1 aliphatic heterocycles. The van der Waals surface area contributed by atoms with Gasteiger partial charge in [0.25, 0.3) is 16.1 Å². The van der Waals surface area contributed by atoms with Gasteiger partial charge in [-0.05, 0) is 60.2 Å². The fraction of sp³-hybridized carbons (Fsp3) is 0.865. The van der Waals surface area contributed by atoms with E-state index in [9.17, 15) is 32.4 Å². The van der Waals surface area contributed by atoms with Crippen LogP contribution in [0.3, 0.4) is 0 Å². The van der Waals surface area contributed by atoms with Gasteiger partial charge in [0.05, 0.1) is 6.04 Å². The van der Waals surface area contributed by atoms with Crippen LogP contribution in [0.1, 0.15) is 114 Å². The minimum Gasteiger partial charge on any atom is -0.347 e. The van der Waals surface area contributed by atoms with E-state index < -0.39 is 74.7 Å². The molecule has 2 spiro atoms. The molecule has 3 saturated carbocycles. The van der Waals surface area contributed by atoms with Gasteiger partial charge in [0, 0.05) is 51.7 Å².